The van der Waals surface area contributed by atoms with Crippen LogP contribution >= 0.6 is 0 Å². The zero-order valence-corrected chi connectivity index (χ0v) is 50.9. The molecule has 0 bridgehead atoms. The van der Waals surface area contributed by atoms with Crippen molar-refractivity contribution >= 4 is 5.91 Å². The quantitative estimate of drug-likeness (QED) is 0.0211. The van der Waals surface area contributed by atoms with E-state index in [9.17, 15) is 61.0 Å². The molecule has 0 aromatic rings. The second-order valence-corrected chi connectivity index (χ2v) is 23.6. The Bertz CT molecular complexity index is 1660. The highest BCUT2D eigenvalue weighted by Gasteiger charge is 2.53. The van der Waals surface area contributed by atoms with Crippen molar-refractivity contribution in [3.63, 3.8) is 0 Å². The summed E-state index contributed by atoms with van der Waals surface area (Å²) in [6, 6.07) is -0.993. The minimum absolute atomic E-state index is 0.236. The van der Waals surface area contributed by atoms with Gasteiger partial charge in [-0.05, 0) is 44.9 Å². The molecule has 19 heteroatoms. The SMILES string of the molecule is CCCCCCC/C=C/CC/C=C/CC/C=C/C(O)C(COC1OC(CO)C(OC2OC(CO)C(OC3OC(CO)C(O)C(O)C3O)C(O)C2O)C(O)C1O)NC(=O)CCCCCCCCCCCCCCCCCCCCCCCCC. The largest absolute Gasteiger partial charge is 0.394 e. The van der Waals surface area contributed by atoms with E-state index in [2.05, 4.69) is 43.5 Å². The van der Waals surface area contributed by atoms with Gasteiger partial charge in [-0.25, -0.2) is 0 Å². The fourth-order valence-electron chi connectivity index (χ4n) is 11.0. The topological polar surface area (TPSA) is 307 Å². The third-order valence-electron chi connectivity index (χ3n) is 16.4. The summed E-state index contributed by atoms with van der Waals surface area (Å²) in [6.45, 7) is 1.70. The van der Waals surface area contributed by atoms with Gasteiger partial charge in [0.1, 0.15) is 73.2 Å². The molecule has 17 atom stereocenters. The number of aliphatic hydroxyl groups excluding tert-OH is 11. The van der Waals surface area contributed by atoms with Crippen molar-refractivity contribution in [3.8, 4) is 0 Å². The monoisotopic (exact) mass is 1190 g/mol. The van der Waals surface area contributed by atoms with Gasteiger partial charge in [-0.1, -0.05) is 217 Å². The van der Waals surface area contributed by atoms with Crippen LogP contribution in [0.4, 0.5) is 0 Å². The van der Waals surface area contributed by atoms with Gasteiger partial charge >= 0.3 is 0 Å². The minimum Gasteiger partial charge on any atom is -0.394 e. The normalized spacial score (nSPS) is 29.6. The zero-order chi connectivity index (χ0) is 60.5. The van der Waals surface area contributed by atoms with Gasteiger partial charge in [0.2, 0.25) is 5.91 Å². The predicted octanol–water partition coefficient (Wildman–Crippen LogP) is 7.27. The van der Waals surface area contributed by atoms with Crippen LogP contribution in [0.25, 0.3) is 0 Å². The molecule has 0 aliphatic carbocycles. The molecular formula is C64H117NO18. The standard InChI is InChI=1S/C64H117NO18/c1-3-5-7-9-11-13-15-17-19-20-21-22-23-24-25-26-28-30-32-34-36-38-40-42-52(70)65-47(48(69)41-39-37-35-33-31-29-27-18-16-14-12-10-8-6-4-2)46-78-62-58(76)55(73)60(50(44-67)80-62)83-64-59(77)56(74)61(51(45-68)81-64)82-63-57(75)54(72)53(71)49(43-66)79-63/h16,18,31,33,39,41,47-51,53-64,66-69,71-77H,3-15,17,19-30,32,34-38,40,42-46H2,1-2H3,(H,65,70)/b18-16+,33-31+,41-39+. The molecule has 3 rings (SSSR count). The number of carbonyl (C=O) groups excluding carboxylic acids is 1. The number of aliphatic hydroxyl groups is 11. The Balaban J connectivity index is 1.46. The summed E-state index contributed by atoms with van der Waals surface area (Å²) in [6.07, 6.45) is 25.6. The summed E-state index contributed by atoms with van der Waals surface area (Å²) in [4.78, 5) is 13.4. The molecule has 17 unspecified atom stereocenters. The summed E-state index contributed by atoms with van der Waals surface area (Å²) in [5.41, 5.74) is 0. The lowest BCUT2D eigenvalue weighted by Crippen LogP contribution is -2.66. The van der Waals surface area contributed by atoms with E-state index in [-0.39, 0.29) is 18.9 Å². The Kier molecular flexibility index (Phi) is 42.7. The molecule has 0 saturated carbocycles. The van der Waals surface area contributed by atoms with E-state index in [1.807, 2.05) is 6.08 Å². The van der Waals surface area contributed by atoms with Crippen molar-refractivity contribution in [2.75, 3.05) is 26.4 Å². The lowest BCUT2D eigenvalue weighted by Gasteiger charge is -2.48. The first-order valence-corrected chi connectivity index (χ1v) is 32.7. The molecule has 3 saturated heterocycles. The second kappa shape index (κ2) is 47.1. The molecule has 83 heavy (non-hydrogen) atoms. The third kappa shape index (κ3) is 30.2. The molecule has 1 amide bonds. The Hall–Kier alpha value is -1.99. The lowest BCUT2D eigenvalue weighted by atomic mass is 9.96. The summed E-state index contributed by atoms with van der Waals surface area (Å²) < 4.78 is 34.3. The van der Waals surface area contributed by atoms with Crippen LogP contribution < -0.4 is 5.32 Å². The number of rotatable bonds is 49. The molecule has 12 N–H and O–H groups in total. The predicted molar refractivity (Wildman–Crippen MR) is 319 cm³/mol. The number of hydrogen-bond donors (Lipinski definition) is 12. The first kappa shape index (κ1) is 75.3. The fourth-order valence-corrected chi connectivity index (χ4v) is 11.0. The summed E-state index contributed by atoms with van der Waals surface area (Å²) in [5.74, 6) is -0.287. The summed E-state index contributed by atoms with van der Waals surface area (Å²) in [7, 11) is 0. The van der Waals surface area contributed by atoms with E-state index in [0.29, 0.717) is 12.8 Å². The molecule has 3 heterocycles. The van der Waals surface area contributed by atoms with Crippen LogP contribution in [0.5, 0.6) is 0 Å². The summed E-state index contributed by atoms with van der Waals surface area (Å²) in [5, 5.41) is 120. The molecule has 0 aromatic heterocycles. The van der Waals surface area contributed by atoms with Crippen molar-refractivity contribution in [3.05, 3.63) is 36.5 Å². The number of hydrogen-bond acceptors (Lipinski definition) is 18. The van der Waals surface area contributed by atoms with Gasteiger partial charge in [0.25, 0.3) is 0 Å². The first-order valence-electron chi connectivity index (χ1n) is 32.7. The summed E-state index contributed by atoms with van der Waals surface area (Å²) >= 11 is 0. The van der Waals surface area contributed by atoms with Gasteiger partial charge in [-0.15, -0.1) is 0 Å². The molecule has 3 aliphatic heterocycles. The molecule has 3 aliphatic rings. The van der Waals surface area contributed by atoms with Gasteiger partial charge in [0.05, 0.1) is 38.6 Å². The molecule has 19 nitrogen and oxygen atoms in total. The van der Waals surface area contributed by atoms with Crippen LogP contribution in [0.15, 0.2) is 36.5 Å². The van der Waals surface area contributed by atoms with Crippen LogP contribution in [-0.2, 0) is 33.2 Å². The van der Waals surface area contributed by atoms with Crippen molar-refractivity contribution < 1.29 is 89.4 Å². The molecule has 3 fully saturated rings. The second-order valence-electron chi connectivity index (χ2n) is 23.6. The maximum absolute atomic E-state index is 13.4. The van der Waals surface area contributed by atoms with Crippen molar-refractivity contribution in [2.24, 2.45) is 0 Å². The molecule has 486 valence electrons. The maximum Gasteiger partial charge on any atom is 0.220 e. The Morgan fingerprint density at radius 3 is 1.20 bits per heavy atom. The number of allylic oxidation sites excluding steroid dienone is 5. The van der Waals surface area contributed by atoms with E-state index in [4.69, 9.17) is 28.4 Å². The van der Waals surface area contributed by atoms with Crippen LogP contribution in [0, 0.1) is 0 Å². The number of ether oxygens (including phenoxy) is 6. The van der Waals surface area contributed by atoms with Crippen molar-refractivity contribution in [1.29, 1.82) is 0 Å². The minimum atomic E-state index is -1.98. The van der Waals surface area contributed by atoms with Crippen LogP contribution in [0.2, 0.25) is 0 Å². The van der Waals surface area contributed by atoms with E-state index >= 15 is 0 Å². The first-order chi connectivity index (χ1) is 40.3. The highest BCUT2D eigenvalue weighted by Crippen LogP contribution is 2.33. The van der Waals surface area contributed by atoms with E-state index in [1.54, 1.807) is 6.08 Å². The Labute approximate surface area is 498 Å². The number of amides is 1. The molecule has 0 radical (unpaired) electrons. The Morgan fingerprint density at radius 1 is 0.422 bits per heavy atom. The van der Waals surface area contributed by atoms with E-state index in [0.717, 1.165) is 44.9 Å². The zero-order valence-electron chi connectivity index (χ0n) is 50.9. The lowest BCUT2D eigenvalue weighted by molar-refractivity contribution is -0.379. The Morgan fingerprint density at radius 2 is 0.771 bits per heavy atom. The molecular weight excluding hydrogens is 1070 g/mol. The van der Waals surface area contributed by atoms with E-state index in [1.165, 1.54) is 154 Å². The number of unbranched alkanes of at least 4 members (excludes halogenated alkanes) is 29. The third-order valence-corrected chi connectivity index (χ3v) is 16.4. The van der Waals surface area contributed by atoms with Crippen molar-refractivity contribution in [2.45, 2.75) is 336 Å². The number of nitrogens with one attached hydrogen (secondary N) is 1. The molecule has 0 spiro atoms. The van der Waals surface area contributed by atoms with Crippen LogP contribution in [0.3, 0.4) is 0 Å². The maximum atomic E-state index is 13.4. The number of carbonyl (C=O) groups is 1. The van der Waals surface area contributed by atoms with Crippen molar-refractivity contribution in [1.82, 2.24) is 5.32 Å². The van der Waals surface area contributed by atoms with Gasteiger partial charge in [0, 0.05) is 6.42 Å². The van der Waals surface area contributed by atoms with E-state index < -0.39 is 124 Å². The average Bonchev–Trinajstić information content (AvgIpc) is 3.31. The van der Waals surface area contributed by atoms with Gasteiger partial charge in [0.15, 0.2) is 18.9 Å². The highest BCUT2D eigenvalue weighted by atomic mass is 16.8. The average molecular weight is 1190 g/mol. The van der Waals surface area contributed by atoms with Gasteiger partial charge in [-0.2, -0.15) is 0 Å². The smallest absolute Gasteiger partial charge is 0.220 e. The van der Waals surface area contributed by atoms with Crippen LogP contribution in [-0.4, -0.2) is 193 Å². The van der Waals surface area contributed by atoms with Gasteiger partial charge < -0.3 is 89.9 Å². The highest BCUT2D eigenvalue weighted by molar-refractivity contribution is 5.76. The molecule has 0 aromatic carbocycles. The fraction of sp³-hybridized carbons (Fsp3) is 0.891. The van der Waals surface area contributed by atoms with Crippen LogP contribution in [0.1, 0.15) is 232 Å². The van der Waals surface area contributed by atoms with Gasteiger partial charge in [-0.3, -0.25) is 4.79 Å².